The molecule has 30 heavy (non-hydrogen) atoms. The normalized spacial score (nSPS) is 14.0. The summed E-state index contributed by atoms with van der Waals surface area (Å²) in [6.07, 6.45) is 2.79. The number of benzene rings is 2. The zero-order valence-electron chi connectivity index (χ0n) is 17.7. The van der Waals surface area contributed by atoms with Crippen LogP contribution in [0.3, 0.4) is 0 Å². The molecule has 2 aromatic rings. The van der Waals surface area contributed by atoms with Gasteiger partial charge in [-0.3, -0.25) is 10.3 Å². The molecule has 2 aromatic carbocycles. The Kier molecular flexibility index (Phi) is 7.17. The molecule has 0 atom stereocenters. The number of hydrogen-bond acceptors (Lipinski definition) is 5. The van der Waals surface area contributed by atoms with E-state index in [2.05, 4.69) is 15.1 Å². The molecule has 2 amide bonds. The second-order valence-electron chi connectivity index (χ2n) is 7.47. The predicted molar refractivity (Wildman–Crippen MR) is 123 cm³/mol. The molecule has 0 bridgehead atoms. The van der Waals surface area contributed by atoms with Gasteiger partial charge < -0.3 is 20.2 Å². The van der Waals surface area contributed by atoms with Crippen LogP contribution in [0.25, 0.3) is 0 Å². The van der Waals surface area contributed by atoms with Crippen molar-refractivity contribution in [1.29, 1.82) is 5.41 Å². The first-order valence-corrected chi connectivity index (χ1v) is 10.5. The zero-order chi connectivity index (χ0) is 21.5. The third-order valence-corrected chi connectivity index (χ3v) is 5.65. The number of hydrogen-bond donors (Lipinski definition) is 3. The average Bonchev–Trinajstić information content (AvgIpc) is 2.79. The number of carbonyl (C=O) groups is 1. The van der Waals surface area contributed by atoms with Crippen LogP contribution in [-0.2, 0) is 0 Å². The summed E-state index contributed by atoms with van der Waals surface area (Å²) in [7, 11) is 0. The summed E-state index contributed by atoms with van der Waals surface area (Å²) in [5.41, 5.74) is 2.90. The first-order valence-electron chi connectivity index (χ1n) is 10.5. The summed E-state index contributed by atoms with van der Waals surface area (Å²) in [5.74, 6) is 0.282. The maximum absolute atomic E-state index is 12.5. The van der Waals surface area contributed by atoms with E-state index in [1.165, 1.54) is 4.90 Å². The minimum absolute atomic E-state index is 0.115. The highest BCUT2D eigenvalue weighted by Gasteiger charge is 2.19. The van der Waals surface area contributed by atoms with Gasteiger partial charge in [0.2, 0.25) is 0 Å². The molecule has 160 valence electrons. The van der Waals surface area contributed by atoms with Gasteiger partial charge in [-0.05, 0) is 61.4 Å². The molecule has 1 aliphatic rings. The molecule has 0 aliphatic carbocycles. The molecule has 0 radical (unpaired) electrons. The van der Waals surface area contributed by atoms with E-state index in [9.17, 15) is 9.90 Å². The number of piperazine rings is 1. The lowest BCUT2D eigenvalue weighted by Gasteiger charge is -2.37. The number of amides is 2. The highest BCUT2D eigenvalue weighted by Crippen LogP contribution is 2.24. The standard InChI is InChI=1S/C23H31N5O2/c1-3-18(4-2)25-23(30)28(17-24)21-7-5-19(6-8-21)26-13-15-27(16-14-26)20-9-11-22(29)12-10-20/h5-12,17-18,24,29H,3-4,13-16H2,1-2H3,(H,25,30). The summed E-state index contributed by atoms with van der Waals surface area (Å²) < 4.78 is 0. The van der Waals surface area contributed by atoms with Gasteiger partial charge in [0.1, 0.15) is 5.75 Å². The maximum Gasteiger partial charge on any atom is 0.327 e. The summed E-state index contributed by atoms with van der Waals surface area (Å²) in [6.45, 7) is 7.67. The number of aromatic hydroxyl groups is 1. The van der Waals surface area contributed by atoms with Gasteiger partial charge in [-0.25, -0.2) is 4.79 Å². The largest absolute Gasteiger partial charge is 0.508 e. The monoisotopic (exact) mass is 409 g/mol. The van der Waals surface area contributed by atoms with Crippen LogP contribution in [0, 0.1) is 5.41 Å². The van der Waals surface area contributed by atoms with Gasteiger partial charge in [0.15, 0.2) is 0 Å². The van der Waals surface area contributed by atoms with E-state index in [1.54, 1.807) is 12.1 Å². The Labute approximate surface area is 178 Å². The lowest BCUT2D eigenvalue weighted by Crippen LogP contribution is -2.46. The third-order valence-electron chi connectivity index (χ3n) is 5.65. The Morgan fingerprint density at radius 1 is 1.00 bits per heavy atom. The number of carbonyl (C=O) groups excluding carboxylic acids is 1. The van der Waals surface area contributed by atoms with Crippen molar-refractivity contribution >= 4 is 29.4 Å². The highest BCUT2D eigenvalue weighted by molar-refractivity contribution is 6.06. The second-order valence-corrected chi connectivity index (χ2v) is 7.47. The third kappa shape index (κ3) is 5.03. The molecule has 7 heteroatoms. The van der Waals surface area contributed by atoms with Crippen LogP contribution in [0.5, 0.6) is 5.75 Å². The summed E-state index contributed by atoms with van der Waals surface area (Å²) in [5, 5.41) is 20.1. The van der Waals surface area contributed by atoms with Crippen LogP contribution in [0.2, 0.25) is 0 Å². The number of phenolic OH excluding ortho intramolecular Hbond substituents is 1. The van der Waals surface area contributed by atoms with Gasteiger partial charge in [-0.1, -0.05) is 13.8 Å². The molecule has 0 spiro atoms. The average molecular weight is 410 g/mol. The molecule has 0 aromatic heterocycles. The predicted octanol–water partition coefficient (Wildman–Crippen LogP) is 4.03. The molecule has 7 nitrogen and oxygen atoms in total. The van der Waals surface area contributed by atoms with Crippen LogP contribution in [0.15, 0.2) is 48.5 Å². The fourth-order valence-corrected chi connectivity index (χ4v) is 3.70. The van der Waals surface area contributed by atoms with Crippen molar-refractivity contribution in [2.24, 2.45) is 0 Å². The fourth-order valence-electron chi connectivity index (χ4n) is 3.70. The van der Waals surface area contributed by atoms with E-state index in [0.29, 0.717) is 5.69 Å². The van der Waals surface area contributed by atoms with Crippen LogP contribution in [0.1, 0.15) is 26.7 Å². The van der Waals surface area contributed by atoms with Crippen molar-refractivity contribution in [3.8, 4) is 5.75 Å². The van der Waals surface area contributed by atoms with Crippen LogP contribution in [0.4, 0.5) is 21.9 Å². The maximum atomic E-state index is 12.5. The number of anilines is 3. The minimum atomic E-state index is -0.269. The fraction of sp³-hybridized carbons (Fsp3) is 0.391. The van der Waals surface area contributed by atoms with Gasteiger partial charge in [0.25, 0.3) is 0 Å². The van der Waals surface area contributed by atoms with Crippen LogP contribution < -0.4 is 20.0 Å². The van der Waals surface area contributed by atoms with Gasteiger partial charge in [0.05, 0.1) is 12.0 Å². The molecule has 1 aliphatic heterocycles. The highest BCUT2D eigenvalue weighted by atomic mass is 16.3. The van der Waals surface area contributed by atoms with E-state index in [0.717, 1.165) is 56.7 Å². The number of urea groups is 1. The van der Waals surface area contributed by atoms with Crippen molar-refractivity contribution in [3.63, 3.8) is 0 Å². The van der Waals surface area contributed by atoms with Crippen molar-refractivity contribution in [3.05, 3.63) is 48.5 Å². The number of nitrogens with one attached hydrogen (secondary N) is 2. The topological polar surface area (TPSA) is 82.9 Å². The van der Waals surface area contributed by atoms with Crippen molar-refractivity contribution < 1.29 is 9.90 Å². The number of nitrogens with zero attached hydrogens (tertiary/aromatic N) is 3. The lowest BCUT2D eigenvalue weighted by atomic mass is 10.2. The first-order chi connectivity index (χ1) is 14.5. The van der Waals surface area contributed by atoms with Crippen molar-refractivity contribution in [1.82, 2.24) is 5.32 Å². The summed E-state index contributed by atoms with van der Waals surface area (Å²) >= 11 is 0. The second kappa shape index (κ2) is 10.0. The Hall–Kier alpha value is -3.22. The molecule has 3 rings (SSSR count). The SMILES string of the molecule is CCC(CC)NC(=O)N(C=N)c1ccc(N2CCN(c3ccc(O)cc3)CC2)cc1. The quantitative estimate of drug-likeness (QED) is 0.476. The minimum Gasteiger partial charge on any atom is -0.508 e. The summed E-state index contributed by atoms with van der Waals surface area (Å²) in [4.78, 5) is 18.5. The zero-order valence-corrected chi connectivity index (χ0v) is 17.7. The van der Waals surface area contributed by atoms with E-state index >= 15 is 0 Å². The lowest BCUT2D eigenvalue weighted by molar-refractivity contribution is 0.244. The Morgan fingerprint density at radius 3 is 1.90 bits per heavy atom. The Bertz CT molecular complexity index is 826. The molecular weight excluding hydrogens is 378 g/mol. The van der Waals surface area contributed by atoms with E-state index in [-0.39, 0.29) is 17.8 Å². The van der Waals surface area contributed by atoms with Crippen molar-refractivity contribution in [2.75, 3.05) is 40.9 Å². The van der Waals surface area contributed by atoms with Gasteiger partial charge in [0, 0.05) is 43.6 Å². The number of rotatable bonds is 7. The molecular formula is C23H31N5O2. The molecule has 0 saturated carbocycles. The summed E-state index contributed by atoms with van der Waals surface area (Å²) in [6, 6.07) is 15.0. The number of phenols is 1. The smallest absolute Gasteiger partial charge is 0.327 e. The molecule has 3 N–H and O–H groups in total. The Morgan fingerprint density at radius 2 is 1.47 bits per heavy atom. The van der Waals surface area contributed by atoms with E-state index in [1.807, 2.05) is 50.2 Å². The van der Waals surface area contributed by atoms with E-state index in [4.69, 9.17) is 5.41 Å². The van der Waals surface area contributed by atoms with Gasteiger partial charge in [-0.2, -0.15) is 0 Å². The molecule has 1 heterocycles. The Balaban J connectivity index is 1.60. The van der Waals surface area contributed by atoms with Crippen LogP contribution in [-0.4, -0.2) is 49.7 Å². The molecule has 1 saturated heterocycles. The van der Waals surface area contributed by atoms with E-state index < -0.39 is 0 Å². The van der Waals surface area contributed by atoms with Crippen LogP contribution >= 0.6 is 0 Å². The van der Waals surface area contributed by atoms with Gasteiger partial charge in [-0.15, -0.1) is 0 Å². The van der Waals surface area contributed by atoms with Gasteiger partial charge >= 0.3 is 6.03 Å². The molecule has 1 fully saturated rings. The molecule has 0 unspecified atom stereocenters. The van der Waals surface area contributed by atoms with Crippen molar-refractivity contribution in [2.45, 2.75) is 32.7 Å². The first kappa shape index (κ1) is 21.5.